The zero-order valence-corrected chi connectivity index (χ0v) is 14.1. The van der Waals surface area contributed by atoms with Gasteiger partial charge in [-0.15, -0.1) is 0 Å². The van der Waals surface area contributed by atoms with Crippen LogP contribution < -0.4 is 16.7 Å². The SMILES string of the molecule is C/C(=N/Nc1ncc(C(F)(F)F)cc1Cl)c1cn(C)c(=O)n(C)c1=O. The molecule has 2 aromatic rings. The number of anilines is 1. The van der Waals surface area contributed by atoms with Crippen molar-refractivity contribution in [2.45, 2.75) is 13.1 Å². The van der Waals surface area contributed by atoms with Crippen molar-refractivity contribution in [3.63, 3.8) is 0 Å². The molecule has 0 atom stereocenters. The van der Waals surface area contributed by atoms with Crippen LogP contribution in [0.15, 0.2) is 33.2 Å². The molecule has 25 heavy (non-hydrogen) atoms. The van der Waals surface area contributed by atoms with E-state index in [4.69, 9.17) is 11.6 Å². The topological polar surface area (TPSA) is 81.3 Å². The highest BCUT2D eigenvalue weighted by Gasteiger charge is 2.31. The largest absolute Gasteiger partial charge is 0.417 e. The van der Waals surface area contributed by atoms with Gasteiger partial charge in [0.15, 0.2) is 5.82 Å². The highest BCUT2D eigenvalue weighted by Crippen LogP contribution is 2.32. The van der Waals surface area contributed by atoms with Crippen molar-refractivity contribution >= 4 is 23.1 Å². The normalized spacial score (nSPS) is 12.4. The number of halogens is 4. The summed E-state index contributed by atoms with van der Waals surface area (Å²) in [6.07, 6.45) is -2.63. The Balaban J connectivity index is 2.34. The molecule has 0 unspecified atom stereocenters. The first-order valence-corrected chi connectivity index (χ1v) is 7.20. The van der Waals surface area contributed by atoms with Crippen molar-refractivity contribution in [1.29, 1.82) is 0 Å². The Bertz CT molecular complexity index is 962. The average Bonchev–Trinajstić information content (AvgIpc) is 2.53. The summed E-state index contributed by atoms with van der Waals surface area (Å²) in [6, 6.07) is 0.715. The Morgan fingerprint density at radius 3 is 2.52 bits per heavy atom. The highest BCUT2D eigenvalue weighted by atomic mass is 35.5. The molecular formula is C14H13ClF3N5O2. The lowest BCUT2D eigenvalue weighted by Gasteiger charge is -2.09. The average molecular weight is 376 g/mol. The predicted octanol–water partition coefficient (Wildman–Crippen LogP) is 1.99. The van der Waals surface area contributed by atoms with Crippen molar-refractivity contribution in [3.05, 3.63) is 55.4 Å². The fraction of sp³-hybridized carbons (Fsp3) is 0.286. The van der Waals surface area contributed by atoms with Gasteiger partial charge in [0, 0.05) is 26.5 Å². The number of rotatable bonds is 3. The van der Waals surface area contributed by atoms with Crippen LogP contribution in [-0.4, -0.2) is 19.8 Å². The lowest BCUT2D eigenvalue weighted by molar-refractivity contribution is -0.137. The first-order valence-electron chi connectivity index (χ1n) is 6.82. The van der Waals surface area contributed by atoms with E-state index in [1.165, 1.54) is 31.8 Å². The Labute approximate surface area is 144 Å². The summed E-state index contributed by atoms with van der Waals surface area (Å²) >= 11 is 5.76. The van der Waals surface area contributed by atoms with E-state index in [0.29, 0.717) is 12.3 Å². The summed E-state index contributed by atoms with van der Waals surface area (Å²) in [5.41, 5.74) is 0.708. The second-order valence-electron chi connectivity index (χ2n) is 5.16. The molecule has 0 aliphatic carbocycles. The van der Waals surface area contributed by atoms with Crippen LogP contribution in [0.4, 0.5) is 19.0 Å². The van der Waals surface area contributed by atoms with Gasteiger partial charge in [0.2, 0.25) is 0 Å². The fourth-order valence-electron chi connectivity index (χ4n) is 1.93. The number of hydrogen-bond acceptors (Lipinski definition) is 5. The number of aryl methyl sites for hydroxylation is 1. The minimum Gasteiger partial charge on any atom is -0.303 e. The Morgan fingerprint density at radius 1 is 1.32 bits per heavy atom. The summed E-state index contributed by atoms with van der Waals surface area (Å²) in [6.45, 7) is 1.49. The van der Waals surface area contributed by atoms with Crippen LogP contribution in [0.25, 0.3) is 0 Å². The molecule has 0 saturated carbocycles. The molecule has 0 amide bonds. The van der Waals surface area contributed by atoms with E-state index in [1.54, 1.807) is 0 Å². The van der Waals surface area contributed by atoms with Crippen LogP contribution in [0.1, 0.15) is 18.1 Å². The Hall–Kier alpha value is -2.62. The smallest absolute Gasteiger partial charge is 0.303 e. The first-order chi connectivity index (χ1) is 11.5. The van der Waals surface area contributed by atoms with E-state index in [9.17, 15) is 22.8 Å². The Morgan fingerprint density at radius 2 is 1.96 bits per heavy atom. The second kappa shape index (κ2) is 6.71. The molecule has 0 aliphatic heterocycles. The molecule has 0 bridgehead atoms. The van der Waals surface area contributed by atoms with Gasteiger partial charge < -0.3 is 4.57 Å². The van der Waals surface area contributed by atoms with Crippen molar-refractivity contribution in [1.82, 2.24) is 14.1 Å². The molecule has 1 N–H and O–H groups in total. The number of hydrazone groups is 1. The van der Waals surface area contributed by atoms with Gasteiger partial charge in [0.25, 0.3) is 5.56 Å². The van der Waals surface area contributed by atoms with E-state index in [-0.39, 0.29) is 22.1 Å². The molecule has 0 radical (unpaired) electrons. The maximum Gasteiger partial charge on any atom is 0.417 e. The van der Waals surface area contributed by atoms with Crippen LogP contribution in [-0.2, 0) is 20.3 Å². The molecular weight excluding hydrogens is 363 g/mol. The maximum absolute atomic E-state index is 12.6. The molecule has 0 fully saturated rings. The molecule has 0 spiro atoms. The summed E-state index contributed by atoms with van der Waals surface area (Å²) in [5.74, 6) is -0.101. The summed E-state index contributed by atoms with van der Waals surface area (Å²) in [4.78, 5) is 27.3. The van der Waals surface area contributed by atoms with Gasteiger partial charge >= 0.3 is 11.9 Å². The van der Waals surface area contributed by atoms with Crippen LogP contribution in [0.3, 0.4) is 0 Å². The van der Waals surface area contributed by atoms with Gasteiger partial charge in [-0.05, 0) is 13.0 Å². The number of nitrogens with zero attached hydrogens (tertiary/aromatic N) is 4. The number of pyridine rings is 1. The van der Waals surface area contributed by atoms with Crippen LogP contribution in [0, 0.1) is 0 Å². The third kappa shape index (κ3) is 3.90. The minimum atomic E-state index is -4.56. The van der Waals surface area contributed by atoms with Crippen molar-refractivity contribution < 1.29 is 13.2 Å². The standard InChI is InChI=1S/C14H13ClF3N5O2/c1-7(9-6-22(2)13(25)23(3)12(9)24)20-21-11-10(15)4-8(5-19-11)14(16,17)18/h4-6H,1-3H3,(H,19,21)/b20-7-. The first kappa shape index (κ1) is 18.7. The van der Waals surface area contributed by atoms with Crippen molar-refractivity contribution in [3.8, 4) is 0 Å². The molecule has 134 valence electrons. The van der Waals surface area contributed by atoms with Crippen LogP contribution >= 0.6 is 11.6 Å². The fourth-order valence-corrected chi connectivity index (χ4v) is 2.14. The molecule has 0 aliphatic rings. The zero-order valence-electron chi connectivity index (χ0n) is 13.3. The molecule has 2 aromatic heterocycles. The van der Waals surface area contributed by atoms with Crippen LogP contribution in [0.5, 0.6) is 0 Å². The lowest BCUT2D eigenvalue weighted by Crippen LogP contribution is -2.39. The molecule has 7 nitrogen and oxygen atoms in total. The third-order valence-corrected chi connectivity index (χ3v) is 3.62. The number of alkyl halides is 3. The maximum atomic E-state index is 12.6. The van der Waals surface area contributed by atoms with E-state index < -0.39 is 23.0 Å². The van der Waals surface area contributed by atoms with Gasteiger partial charge in [-0.25, -0.2) is 9.78 Å². The second-order valence-corrected chi connectivity index (χ2v) is 5.57. The Kier molecular flexibility index (Phi) is 5.02. The minimum absolute atomic E-state index is 0.101. The van der Waals surface area contributed by atoms with Gasteiger partial charge in [0.1, 0.15) is 0 Å². The lowest BCUT2D eigenvalue weighted by atomic mass is 10.2. The summed E-state index contributed by atoms with van der Waals surface area (Å²) < 4.78 is 39.9. The number of hydrogen-bond donors (Lipinski definition) is 1. The highest BCUT2D eigenvalue weighted by molar-refractivity contribution is 6.33. The van der Waals surface area contributed by atoms with E-state index in [0.717, 1.165) is 4.57 Å². The van der Waals surface area contributed by atoms with Crippen LogP contribution in [0.2, 0.25) is 5.02 Å². The third-order valence-electron chi connectivity index (χ3n) is 3.33. The molecule has 2 rings (SSSR count). The zero-order chi connectivity index (χ0) is 18.9. The van der Waals surface area contributed by atoms with Gasteiger partial charge in [-0.3, -0.25) is 14.8 Å². The van der Waals surface area contributed by atoms with Gasteiger partial charge in [-0.2, -0.15) is 18.3 Å². The molecule has 2 heterocycles. The van der Waals surface area contributed by atoms with E-state index in [1.807, 2.05) is 0 Å². The monoisotopic (exact) mass is 375 g/mol. The van der Waals surface area contributed by atoms with E-state index in [2.05, 4.69) is 15.5 Å². The molecule has 0 aromatic carbocycles. The predicted molar refractivity (Wildman–Crippen MR) is 87.0 cm³/mol. The quantitative estimate of drug-likeness (QED) is 0.657. The number of aromatic nitrogens is 3. The van der Waals surface area contributed by atoms with Gasteiger partial charge in [0.05, 0.1) is 21.9 Å². The summed E-state index contributed by atoms with van der Waals surface area (Å²) in [7, 11) is 2.80. The molecule has 11 heteroatoms. The molecule has 0 saturated heterocycles. The van der Waals surface area contributed by atoms with Crippen molar-refractivity contribution in [2.75, 3.05) is 5.43 Å². The number of nitrogens with one attached hydrogen (secondary N) is 1. The van der Waals surface area contributed by atoms with Gasteiger partial charge in [-0.1, -0.05) is 11.6 Å². The van der Waals surface area contributed by atoms with Crippen molar-refractivity contribution in [2.24, 2.45) is 19.2 Å². The van der Waals surface area contributed by atoms with E-state index >= 15 is 0 Å². The summed E-state index contributed by atoms with van der Waals surface area (Å²) in [5, 5.41) is 3.62.